The van der Waals surface area contributed by atoms with Gasteiger partial charge >= 0.3 is 0 Å². The van der Waals surface area contributed by atoms with Crippen molar-refractivity contribution in [1.82, 2.24) is 0 Å². The van der Waals surface area contributed by atoms with E-state index in [9.17, 15) is 0 Å². The highest BCUT2D eigenvalue weighted by molar-refractivity contribution is 5.43. The van der Waals surface area contributed by atoms with Crippen molar-refractivity contribution in [3.63, 3.8) is 0 Å². The van der Waals surface area contributed by atoms with Crippen LogP contribution in [0.1, 0.15) is 29.4 Å². The maximum Gasteiger partial charge on any atom is 0.0908 e. The number of benzene rings is 1. The molecule has 0 heterocycles. The van der Waals surface area contributed by atoms with E-state index in [4.69, 9.17) is 10.5 Å². The van der Waals surface area contributed by atoms with Crippen LogP contribution in [-0.2, 0) is 0 Å². The van der Waals surface area contributed by atoms with Gasteiger partial charge in [0.15, 0.2) is 0 Å². The molecule has 82 valence electrons. The Morgan fingerprint density at radius 2 is 1.41 bits per heavy atom. The van der Waals surface area contributed by atoms with Crippen LogP contribution >= 0.6 is 0 Å². The van der Waals surface area contributed by atoms with Gasteiger partial charge in [0.1, 0.15) is 0 Å². The zero-order valence-electron chi connectivity index (χ0n) is 9.38. The molecule has 0 fully saturated rings. The lowest BCUT2D eigenvalue weighted by atomic mass is 10.0. The largest absolute Gasteiger partial charge is 0.193 e. The Balaban J connectivity index is 2.34. The van der Waals surface area contributed by atoms with Crippen molar-refractivity contribution < 1.29 is 0 Å². The minimum Gasteiger partial charge on any atom is -0.193 e. The number of nitriles is 2. The number of nitrogens with zero attached hydrogens (tertiary/aromatic N) is 2. The van der Waals surface area contributed by atoms with Gasteiger partial charge in [0, 0.05) is 24.0 Å². The Hall–Kier alpha value is -2.32. The molecule has 1 aliphatic carbocycles. The molecule has 2 rings (SSSR count). The lowest BCUT2D eigenvalue weighted by Crippen LogP contribution is -1.87. The third kappa shape index (κ3) is 2.27. The molecule has 17 heavy (non-hydrogen) atoms. The summed E-state index contributed by atoms with van der Waals surface area (Å²) in [5.41, 5.74) is 2.54. The van der Waals surface area contributed by atoms with Gasteiger partial charge in [0.25, 0.3) is 0 Å². The predicted octanol–water partition coefficient (Wildman–Crippen LogP) is 3.42. The molecule has 2 unspecified atom stereocenters. The van der Waals surface area contributed by atoms with Crippen LogP contribution in [0.4, 0.5) is 0 Å². The Morgan fingerprint density at radius 1 is 0.941 bits per heavy atom. The first-order valence-electron chi connectivity index (χ1n) is 5.58. The van der Waals surface area contributed by atoms with Crippen molar-refractivity contribution in [2.75, 3.05) is 0 Å². The van der Waals surface area contributed by atoms with Crippen LogP contribution < -0.4 is 0 Å². The second kappa shape index (κ2) is 5.14. The summed E-state index contributed by atoms with van der Waals surface area (Å²) < 4.78 is 0. The van der Waals surface area contributed by atoms with Crippen molar-refractivity contribution in [2.24, 2.45) is 0 Å². The highest BCUT2D eigenvalue weighted by Gasteiger charge is 2.27. The molecule has 0 radical (unpaired) electrons. The van der Waals surface area contributed by atoms with Crippen LogP contribution in [0.15, 0.2) is 48.6 Å². The molecule has 1 aromatic carbocycles. The summed E-state index contributed by atoms with van der Waals surface area (Å²) >= 11 is 0. The van der Waals surface area contributed by atoms with E-state index >= 15 is 0 Å². The van der Waals surface area contributed by atoms with Crippen molar-refractivity contribution in [3.8, 4) is 12.1 Å². The molecule has 0 saturated heterocycles. The van der Waals surface area contributed by atoms with Crippen LogP contribution in [-0.4, -0.2) is 0 Å². The topological polar surface area (TPSA) is 47.6 Å². The van der Waals surface area contributed by atoms with Gasteiger partial charge in [-0.15, -0.1) is 0 Å². The molecule has 0 saturated carbocycles. The van der Waals surface area contributed by atoms with Crippen LogP contribution in [0.2, 0.25) is 0 Å². The van der Waals surface area contributed by atoms with Gasteiger partial charge in [0.05, 0.1) is 12.1 Å². The fourth-order valence-electron chi connectivity index (χ4n) is 2.40. The van der Waals surface area contributed by atoms with E-state index in [1.165, 1.54) is 23.3 Å². The third-order valence-electron chi connectivity index (χ3n) is 3.11. The molecule has 2 atom stereocenters. The second-order valence-corrected chi connectivity index (χ2v) is 4.05. The van der Waals surface area contributed by atoms with E-state index in [0.717, 1.165) is 6.42 Å². The lowest BCUT2D eigenvalue weighted by Gasteiger charge is -2.03. The fourth-order valence-corrected chi connectivity index (χ4v) is 2.40. The van der Waals surface area contributed by atoms with E-state index in [2.05, 4.69) is 12.1 Å². The first kappa shape index (κ1) is 11.2. The minimum absolute atomic E-state index is 0.291. The molecular weight excluding hydrogens is 208 g/mol. The maximum atomic E-state index is 8.59. The standard InChI is InChI=1S/C15H12N2/c16-9-3-5-12-11-13(6-4-10-17)15-8-2-1-7-14(12)15/h1-8,12-13H,11H2. The highest BCUT2D eigenvalue weighted by atomic mass is 14.3. The van der Waals surface area contributed by atoms with Gasteiger partial charge in [-0.2, -0.15) is 10.5 Å². The van der Waals surface area contributed by atoms with Gasteiger partial charge < -0.3 is 0 Å². The fraction of sp³-hybridized carbons (Fsp3) is 0.200. The quantitative estimate of drug-likeness (QED) is 0.717. The first-order chi connectivity index (χ1) is 8.36. The Morgan fingerprint density at radius 3 is 1.82 bits per heavy atom. The molecule has 0 spiro atoms. The minimum atomic E-state index is 0.291. The Labute approximate surface area is 101 Å². The Kier molecular flexibility index (Phi) is 3.38. The SMILES string of the molecule is N#CC=CC1CC(C=CC#N)c2ccccc21. The van der Waals surface area contributed by atoms with Gasteiger partial charge in [-0.05, 0) is 17.5 Å². The molecule has 0 aliphatic heterocycles. The zero-order chi connectivity index (χ0) is 12.1. The van der Waals surface area contributed by atoms with Crippen molar-refractivity contribution in [3.05, 3.63) is 59.7 Å². The number of rotatable bonds is 2. The molecule has 0 amide bonds. The summed E-state index contributed by atoms with van der Waals surface area (Å²) in [6.45, 7) is 0. The number of hydrogen-bond donors (Lipinski definition) is 0. The van der Waals surface area contributed by atoms with Crippen molar-refractivity contribution in [1.29, 1.82) is 10.5 Å². The van der Waals surface area contributed by atoms with Gasteiger partial charge in [-0.3, -0.25) is 0 Å². The van der Waals surface area contributed by atoms with Gasteiger partial charge in [-0.1, -0.05) is 36.4 Å². The molecule has 0 aromatic heterocycles. The smallest absolute Gasteiger partial charge is 0.0908 e. The molecule has 1 aliphatic rings. The molecular formula is C15H12N2. The second-order valence-electron chi connectivity index (χ2n) is 4.05. The number of hydrogen-bond acceptors (Lipinski definition) is 2. The number of allylic oxidation sites excluding steroid dienone is 4. The molecule has 0 N–H and O–H groups in total. The van der Waals surface area contributed by atoms with E-state index in [-0.39, 0.29) is 0 Å². The van der Waals surface area contributed by atoms with E-state index in [1.807, 2.05) is 36.4 Å². The van der Waals surface area contributed by atoms with E-state index < -0.39 is 0 Å². The number of fused-ring (bicyclic) bond motifs is 1. The Bertz CT molecular complexity index is 492. The molecule has 0 bridgehead atoms. The monoisotopic (exact) mass is 220 g/mol. The van der Waals surface area contributed by atoms with E-state index in [1.54, 1.807) is 0 Å². The average Bonchev–Trinajstić information content (AvgIpc) is 2.72. The first-order valence-corrected chi connectivity index (χ1v) is 5.58. The third-order valence-corrected chi connectivity index (χ3v) is 3.11. The van der Waals surface area contributed by atoms with Gasteiger partial charge in [0.2, 0.25) is 0 Å². The van der Waals surface area contributed by atoms with Gasteiger partial charge in [-0.25, -0.2) is 0 Å². The summed E-state index contributed by atoms with van der Waals surface area (Å²) in [5, 5.41) is 17.2. The van der Waals surface area contributed by atoms with E-state index in [0.29, 0.717) is 11.8 Å². The van der Waals surface area contributed by atoms with Crippen molar-refractivity contribution >= 4 is 0 Å². The lowest BCUT2D eigenvalue weighted by molar-refractivity contribution is 0.749. The van der Waals surface area contributed by atoms with Crippen molar-refractivity contribution in [2.45, 2.75) is 18.3 Å². The van der Waals surface area contributed by atoms with Crippen LogP contribution in [0, 0.1) is 22.7 Å². The highest BCUT2D eigenvalue weighted by Crippen LogP contribution is 2.42. The zero-order valence-corrected chi connectivity index (χ0v) is 9.38. The summed E-state index contributed by atoms with van der Waals surface area (Å²) in [7, 11) is 0. The summed E-state index contributed by atoms with van der Waals surface area (Å²) in [6.07, 6.45) is 7.91. The average molecular weight is 220 g/mol. The summed E-state index contributed by atoms with van der Waals surface area (Å²) in [5.74, 6) is 0.582. The summed E-state index contributed by atoms with van der Waals surface area (Å²) in [6, 6.07) is 12.3. The van der Waals surface area contributed by atoms with Crippen LogP contribution in [0.25, 0.3) is 0 Å². The maximum absolute atomic E-state index is 8.59. The predicted molar refractivity (Wildman–Crippen MR) is 66.0 cm³/mol. The van der Waals surface area contributed by atoms with Crippen LogP contribution in [0.3, 0.4) is 0 Å². The summed E-state index contributed by atoms with van der Waals surface area (Å²) in [4.78, 5) is 0. The normalized spacial score (nSPS) is 22.5. The molecule has 2 heteroatoms. The van der Waals surface area contributed by atoms with Crippen LogP contribution in [0.5, 0.6) is 0 Å². The molecule has 1 aromatic rings. The molecule has 2 nitrogen and oxygen atoms in total.